The van der Waals surface area contributed by atoms with E-state index in [0.29, 0.717) is 11.5 Å². The Bertz CT molecular complexity index is 206. The molecule has 0 amide bonds. The van der Waals surface area contributed by atoms with Crippen LogP contribution in [0.25, 0.3) is 0 Å². The molecule has 1 N–H and O–H groups in total. The van der Waals surface area contributed by atoms with Gasteiger partial charge in [0.05, 0.1) is 5.60 Å². The van der Waals surface area contributed by atoms with Crippen LogP contribution < -0.4 is 5.32 Å². The van der Waals surface area contributed by atoms with Gasteiger partial charge in [-0.15, -0.1) is 0 Å². The Labute approximate surface area is 115 Å². The van der Waals surface area contributed by atoms with Gasteiger partial charge in [0.25, 0.3) is 0 Å². The van der Waals surface area contributed by atoms with Crippen LogP contribution in [-0.2, 0) is 4.74 Å². The molecule has 0 spiro atoms. The Morgan fingerprint density at radius 1 is 1.06 bits per heavy atom. The van der Waals surface area contributed by atoms with Gasteiger partial charge in [-0.25, -0.2) is 0 Å². The fourth-order valence-corrected chi connectivity index (χ4v) is 2.16. The molecule has 2 heteroatoms. The molecule has 110 valence electrons. The summed E-state index contributed by atoms with van der Waals surface area (Å²) in [4.78, 5) is 0. The van der Waals surface area contributed by atoms with E-state index in [1.165, 1.54) is 25.7 Å². The summed E-state index contributed by atoms with van der Waals surface area (Å²) in [5.41, 5.74) is 0.389. The quantitative estimate of drug-likeness (QED) is 0.619. The monoisotopic (exact) mass is 257 g/mol. The molecule has 1 unspecified atom stereocenters. The normalized spacial score (nSPS) is 14.8. The van der Waals surface area contributed by atoms with Gasteiger partial charge in [-0.2, -0.15) is 0 Å². The van der Waals surface area contributed by atoms with Crippen LogP contribution in [0.5, 0.6) is 0 Å². The van der Waals surface area contributed by atoms with E-state index in [0.717, 1.165) is 13.0 Å². The van der Waals surface area contributed by atoms with E-state index in [-0.39, 0.29) is 5.60 Å². The number of hydrogen-bond donors (Lipinski definition) is 1. The van der Waals surface area contributed by atoms with Gasteiger partial charge in [-0.1, -0.05) is 40.5 Å². The van der Waals surface area contributed by atoms with Gasteiger partial charge in [-0.3, -0.25) is 0 Å². The molecule has 0 heterocycles. The first kappa shape index (κ1) is 17.9. The zero-order chi connectivity index (χ0) is 14.2. The second-order valence-electron chi connectivity index (χ2n) is 7.08. The molecule has 0 aromatic carbocycles. The summed E-state index contributed by atoms with van der Waals surface area (Å²) in [6.45, 7) is 14.7. The zero-order valence-electron chi connectivity index (χ0n) is 13.7. The second kappa shape index (κ2) is 8.16. The molecule has 0 aliphatic rings. The smallest absolute Gasteiger partial charge is 0.0622 e. The lowest BCUT2D eigenvalue weighted by Crippen LogP contribution is -2.40. The van der Waals surface area contributed by atoms with Gasteiger partial charge in [0.2, 0.25) is 0 Å². The van der Waals surface area contributed by atoms with Crippen LogP contribution in [0.2, 0.25) is 0 Å². The van der Waals surface area contributed by atoms with Crippen molar-refractivity contribution in [2.24, 2.45) is 5.41 Å². The highest BCUT2D eigenvalue weighted by Crippen LogP contribution is 2.25. The Balaban J connectivity index is 3.97. The average molecular weight is 257 g/mol. The van der Waals surface area contributed by atoms with Crippen LogP contribution >= 0.6 is 0 Å². The largest absolute Gasteiger partial charge is 0.379 e. The number of methoxy groups -OCH3 is 1. The van der Waals surface area contributed by atoms with Gasteiger partial charge in [0.1, 0.15) is 0 Å². The highest BCUT2D eigenvalue weighted by Gasteiger charge is 2.23. The van der Waals surface area contributed by atoms with Crippen molar-refractivity contribution in [3.63, 3.8) is 0 Å². The summed E-state index contributed by atoms with van der Waals surface area (Å²) in [5, 5.41) is 3.69. The van der Waals surface area contributed by atoms with Gasteiger partial charge >= 0.3 is 0 Å². The first-order valence-corrected chi connectivity index (χ1v) is 7.51. The van der Waals surface area contributed by atoms with Crippen LogP contribution in [0.1, 0.15) is 73.6 Å². The molecule has 18 heavy (non-hydrogen) atoms. The first-order valence-electron chi connectivity index (χ1n) is 7.51. The molecule has 0 fully saturated rings. The van der Waals surface area contributed by atoms with E-state index in [9.17, 15) is 0 Å². The highest BCUT2D eigenvalue weighted by atomic mass is 16.5. The molecule has 0 bridgehead atoms. The molecular weight excluding hydrogens is 222 g/mol. The Morgan fingerprint density at radius 3 is 2.11 bits per heavy atom. The topological polar surface area (TPSA) is 21.3 Å². The third-order valence-corrected chi connectivity index (χ3v) is 3.76. The molecule has 0 saturated heterocycles. The van der Waals surface area contributed by atoms with E-state index >= 15 is 0 Å². The molecule has 0 aromatic heterocycles. The average Bonchev–Trinajstić information content (AvgIpc) is 2.26. The zero-order valence-corrected chi connectivity index (χ0v) is 13.7. The number of ether oxygens (including phenoxy) is 1. The minimum atomic E-state index is 0.0358. The van der Waals surface area contributed by atoms with E-state index in [1.807, 2.05) is 0 Å². The second-order valence-corrected chi connectivity index (χ2v) is 7.08. The van der Waals surface area contributed by atoms with Crippen molar-refractivity contribution < 1.29 is 4.74 Å². The summed E-state index contributed by atoms with van der Waals surface area (Å²) in [7, 11) is 1.81. The molecule has 0 rings (SSSR count). The van der Waals surface area contributed by atoms with Gasteiger partial charge in [0, 0.05) is 13.2 Å². The lowest BCUT2D eigenvalue weighted by molar-refractivity contribution is 0.0131. The summed E-state index contributed by atoms with van der Waals surface area (Å²) < 4.78 is 5.46. The number of rotatable bonds is 9. The lowest BCUT2D eigenvalue weighted by atomic mass is 9.83. The van der Waals surface area contributed by atoms with Gasteiger partial charge < -0.3 is 10.1 Å². The van der Waals surface area contributed by atoms with Crippen molar-refractivity contribution in [1.29, 1.82) is 0 Å². The molecule has 0 aromatic rings. The van der Waals surface area contributed by atoms with Crippen LogP contribution in [-0.4, -0.2) is 25.3 Å². The Morgan fingerprint density at radius 2 is 1.67 bits per heavy atom. The molecule has 0 aliphatic carbocycles. The van der Waals surface area contributed by atoms with Crippen molar-refractivity contribution in [3.05, 3.63) is 0 Å². The van der Waals surface area contributed by atoms with Crippen LogP contribution in [0.3, 0.4) is 0 Å². The first-order chi connectivity index (χ1) is 8.23. The van der Waals surface area contributed by atoms with E-state index in [1.54, 1.807) is 7.11 Å². The van der Waals surface area contributed by atoms with Crippen LogP contribution in [0.15, 0.2) is 0 Å². The molecule has 0 radical (unpaired) electrons. The number of hydrogen-bond acceptors (Lipinski definition) is 2. The maximum absolute atomic E-state index is 5.46. The Hall–Kier alpha value is -0.0800. The molecule has 1 atom stereocenters. The highest BCUT2D eigenvalue weighted by molar-refractivity contribution is 4.80. The maximum atomic E-state index is 5.46. The lowest BCUT2D eigenvalue weighted by Gasteiger charge is -2.32. The number of nitrogens with one attached hydrogen (secondary N) is 1. The number of unbranched alkanes of at least 4 members (excludes halogenated alkanes) is 1. The van der Waals surface area contributed by atoms with Crippen LogP contribution in [0, 0.1) is 5.41 Å². The Kier molecular flexibility index (Phi) is 8.13. The van der Waals surface area contributed by atoms with E-state index < -0.39 is 0 Å². The summed E-state index contributed by atoms with van der Waals surface area (Å²) in [5.74, 6) is 0. The minimum absolute atomic E-state index is 0.0358. The van der Waals surface area contributed by atoms with E-state index in [4.69, 9.17) is 4.74 Å². The van der Waals surface area contributed by atoms with Crippen molar-refractivity contribution in [2.45, 2.75) is 85.3 Å². The molecular formula is C16H35NO. The van der Waals surface area contributed by atoms with Crippen molar-refractivity contribution in [2.75, 3.05) is 13.7 Å². The summed E-state index contributed by atoms with van der Waals surface area (Å²) >= 11 is 0. The van der Waals surface area contributed by atoms with Crippen molar-refractivity contribution >= 4 is 0 Å². The van der Waals surface area contributed by atoms with Crippen LogP contribution in [0.4, 0.5) is 0 Å². The molecule has 0 saturated carbocycles. The van der Waals surface area contributed by atoms with Gasteiger partial charge in [0.15, 0.2) is 0 Å². The minimum Gasteiger partial charge on any atom is -0.379 e. The van der Waals surface area contributed by atoms with Crippen molar-refractivity contribution in [1.82, 2.24) is 5.32 Å². The third kappa shape index (κ3) is 8.10. The summed E-state index contributed by atoms with van der Waals surface area (Å²) in [6.07, 6.45) is 6.16. The predicted molar refractivity (Wildman–Crippen MR) is 81.1 cm³/mol. The fourth-order valence-electron chi connectivity index (χ4n) is 2.16. The van der Waals surface area contributed by atoms with Gasteiger partial charge in [-0.05, 0) is 45.1 Å². The maximum Gasteiger partial charge on any atom is 0.0622 e. The molecule has 0 aliphatic heterocycles. The molecule has 2 nitrogen and oxygen atoms in total. The summed E-state index contributed by atoms with van der Waals surface area (Å²) in [6, 6.07) is 0.628. The predicted octanol–water partition coefficient (Wildman–Crippen LogP) is 4.39. The standard InChI is InChI=1S/C16H35NO/c1-8-13-17-14(15(2,3)4)11-9-10-12-16(5,6)18-7/h14,17H,8-13H2,1-7H3. The fraction of sp³-hybridized carbons (Fsp3) is 1.00. The van der Waals surface area contributed by atoms with Crippen molar-refractivity contribution in [3.8, 4) is 0 Å². The third-order valence-electron chi connectivity index (χ3n) is 3.76. The van der Waals surface area contributed by atoms with E-state index in [2.05, 4.69) is 46.9 Å². The SMILES string of the molecule is CCCNC(CCCCC(C)(C)OC)C(C)(C)C.